The molecule has 0 unspecified atom stereocenters. The van der Waals surface area contributed by atoms with Crippen LogP contribution in [0.3, 0.4) is 0 Å². The molecule has 0 aliphatic heterocycles. The number of rotatable bonds is 6. The van der Waals surface area contributed by atoms with Gasteiger partial charge in [0.2, 0.25) is 10.0 Å². The Labute approximate surface area is 116 Å². The van der Waals surface area contributed by atoms with E-state index in [4.69, 9.17) is 11.1 Å². The monoisotopic (exact) mass is 305 g/mol. The van der Waals surface area contributed by atoms with E-state index in [1.807, 2.05) is 0 Å². The molecule has 1 aromatic carbocycles. The lowest BCUT2D eigenvalue weighted by Crippen LogP contribution is -2.56. The van der Waals surface area contributed by atoms with Gasteiger partial charge in [0.1, 0.15) is 22.4 Å². The first-order valence-electron chi connectivity index (χ1n) is 6.02. The molecule has 0 radical (unpaired) electrons. The van der Waals surface area contributed by atoms with Crippen molar-refractivity contribution in [2.24, 2.45) is 5.73 Å². The van der Waals surface area contributed by atoms with Crippen molar-refractivity contribution in [1.29, 1.82) is 5.41 Å². The van der Waals surface area contributed by atoms with E-state index in [-0.39, 0.29) is 18.7 Å². The first-order valence-corrected chi connectivity index (χ1v) is 7.50. The molecule has 1 aromatic rings. The van der Waals surface area contributed by atoms with Crippen molar-refractivity contribution in [3.05, 3.63) is 29.8 Å². The molecule has 4 N–H and O–H groups in total. The number of hydrogen-bond acceptors (Lipinski definition) is 3. The summed E-state index contributed by atoms with van der Waals surface area (Å²) >= 11 is 0. The minimum atomic E-state index is -4.33. The lowest BCUT2D eigenvalue weighted by molar-refractivity contribution is 0.455. The fraction of sp³-hybridized carbons (Fsp3) is 0.417. The molecule has 0 heterocycles. The average Bonchev–Trinajstić information content (AvgIpc) is 2.38. The van der Waals surface area contributed by atoms with Crippen molar-refractivity contribution in [3.63, 3.8) is 0 Å². The van der Waals surface area contributed by atoms with Crippen LogP contribution in [0.2, 0.25) is 0 Å². The van der Waals surface area contributed by atoms with Gasteiger partial charge in [0.05, 0.1) is 5.54 Å². The Morgan fingerprint density at radius 2 is 1.90 bits per heavy atom. The van der Waals surface area contributed by atoms with Crippen LogP contribution in [0.5, 0.6) is 0 Å². The van der Waals surface area contributed by atoms with Gasteiger partial charge < -0.3 is 5.73 Å². The highest BCUT2D eigenvalue weighted by molar-refractivity contribution is 7.89. The summed E-state index contributed by atoms with van der Waals surface area (Å²) in [4.78, 5) is -0.801. The highest BCUT2D eigenvalue weighted by atomic mass is 32.2. The van der Waals surface area contributed by atoms with Crippen molar-refractivity contribution in [3.8, 4) is 0 Å². The molecular formula is C12H17F2N3O2S. The van der Waals surface area contributed by atoms with Gasteiger partial charge in [0, 0.05) is 0 Å². The van der Waals surface area contributed by atoms with E-state index >= 15 is 0 Å². The van der Waals surface area contributed by atoms with Crippen molar-refractivity contribution < 1.29 is 17.2 Å². The summed E-state index contributed by atoms with van der Waals surface area (Å²) in [6.07, 6.45) is 0.435. The second kappa shape index (κ2) is 5.84. The smallest absolute Gasteiger partial charge is 0.244 e. The van der Waals surface area contributed by atoms with Gasteiger partial charge in [-0.15, -0.1) is 0 Å². The summed E-state index contributed by atoms with van der Waals surface area (Å²) < 4.78 is 53.2. The number of nitrogens with one attached hydrogen (secondary N) is 2. The molecule has 0 saturated heterocycles. The Bertz CT molecular complexity index is 613. The standard InChI is InChI=1S/C12H17F2N3O2S/c1-3-12(4-2,11(15)16)17-20(18,19)10-7-8(13)5-6-9(10)14/h5-7,17H,3-4H2,1-2H3,(H3,15,16). The molecule has 1 rings (SSSR count). The highest BCUT2D eigenvalue weighted by Gasteiger charge is 2.36. The zero-order valence-electron chi connectivity index (χ0n) is 11.2. The minimum Gasteiger partial charge on any atom is -0.386 e. The predicted molar refractivity (Wildman–Crippen MR) is 71.9 cm³/mol. The highest BCUT2D eigenvalue weighted by Crippen LogP contribution is 2.22. The lowest BCUT2D eigenvalue weighted by atomic mass is 9.93. The van der Waals surface area contributed by atoms with Gasteiger partial charge >= 0.3 is 0 Å². The van der Waals surface area contributed by atoms with E-state index in [2.05, 4.69) is 4.72 Å². The fourth-order valence-electron chi connectivity index (χ4n) is 1.83. The van der Waals surface area contributed by atoms with Crippen molar-refractivity contribution >= 4 is 15.9 Å². The Morgan fingerprint density at radius 3 is 2.35 bits per heavy atom. The molecule has 0 fully saturated rings. The first-order chi connectivity index (χ1) is 9.18. The van der Waals surface area contributed by atoms with Gasteiger partial charge in [-0.1, -0.05) is 13.8 Å². The second-order valence-electron chi connectivity index (χ2n) is 4.38. The van der Waals surface area contributed by atoms with Crippen LogP contribution in [0.4, 0.5) is 8.78 Å². The molecule has 0 spiro atoms. The summed E-state index contributed by atoms with van der Waals surface area (Å²) in [5.74, 6) is -2.31. The van der Waals surface area contributed by atoms with Crippen LogP contribution >= 0.6 is 0 Å². The van der Waals surface area contributed by atoms with Crippen molar-refractivity contribution in [2.75, 3.05) is 0 Å². The van der Waals surface area contributed by atoms with E-state index in [0.29, 0.717) is 6.07 Å². The zero-order valence-corrected chi connectivity index (χ0v) is 12.0. The fourth-order valence-corrected chi connectivity index (χ4v) is 3.44. The van der Waals surface area contributed by atoms with Crippen molar-refractivity contribution in [2.45, 2.75) is 37.1 Å². The molecule has 8 heteroatoms. The summed E-state index contributed by atoms with van der Waals surface area (Å²) in [7, 11) is -4.33. The molecule has 20 heavy (non-hydrogen) atoms. The van der Waals surface area contributed by atoms with Gasteiger partial charge in [0.25, 0.3) is 0 Å². The molecule has 0 atom stereocenters. The summed E-state index contributed by atoms with van der Waals surface area (Å²) in [5.41, 5.74) is 4.13. The van der Waals surface area contributed by atoms with Crippen LogP contribution in [-0.4, -0.2) is 19.8 Å². The normalized spacial score (nSPS) is 12.4. The van der Waals surface area contributed by atoms with E-state index < -0.39 is 32.1 Å². The van der Waals surface area contributed by atoms with Crippen molar-refractivity contribution in [1.82, 2.24) is 4.72 Å². The molecule has 5 nitrogen and oxygen atoms in total. The topological polar surface area (TPSA) is 96.0 Å². The van der Waals surface area contributed by atoms with Gasteiger partial charge in [-0.2, -0.15) is 4.72 Å². The third kappa shape index (κ3) is 3.13. The lowest BCUT2D eigenvalue weighted by Gasteiger charge is -2.31. The van der Waals surface area contributed by atoms with Crippen LogP contribution in [0.1, 0.15) is 26.7 Å². The molecule has 0 saturated carbocycles. The van der Waals surface area contributed by atoms with Crippen LogP contribution < -0.4 is 10.5 Å². The van der Waals surface area contributed by atoms with E-state index in [1.54, 1.807) is 13.8 Å². The number of amidine groups is 1. The molecule has 112 valence electrons. The number of sulfonamides is 1. The van der Waals surface area contributed by atoms with Gasteiger partial charge in [-0.05, 0) is 31.0 Å². The Balaban J connectivity index is 3.30. The molecule has 0 amide bonds. The molecule has 0 bridgehead atoms. The molecule has 0 aliphatic carbocycles. The van der Waals surface area contributed by atoms with Gasteiger partial charge in [-0.25, -0.2) is 17.2 Å². The molecule has 0 aliphatic rings. The Morgan fingerprint density at radius 1 is 1.35 bits per heavy atom. The summed E-state index contributed by atoms with van der Waals surface area (Å²) in [6.45, 7) is 3.30. The summed E-state index contributed by atoms with van der Waals surface area (Å²) in [6, 6.07) is 2.15. The number of halogens is 2. The Hall–Kier alpha value is -1.54. The van der Waals surface area contributed by atoms with E-state index in [9.17, 15) is 17.2 Å². The quantitative estimate of drug-likeness (QED) is 0.551. The summed E-state index contributed by atoms with van der Waals surface area (Å²) in [5, 5.41) is 7.52. The van der Waals surface area contributed by atoms with Crippen LogP contribution in [-0.2, 0) is 10.0 Å². The minimum absolute atomic E-state index is 0.217. The van der Waals surface area contributed by atoms with E-state index in [1.165, 1.54) is 0 Å². The van der Waals surface area contributed by atoms with Gasteiger partial charge in [-0.3, -0.25) is 5.41 Å². The maximum atomic E-state index is 13.6. The third-order valence-corrected chi connectivity index (χ3v) is 4.79. The third-order valence-electron chi connectivity index (χ3n) is 3.24. The molecule has 0 aromatic heterocycles. The number of nitrogens with two attached hydrogens (primary N) is 1. The van der Waals surface area contributed by atoms with Crippen LogP contribution in [0.25, 0.3) is 0 Å². The van der Waals surface area contributed by atoms with E-state index in [0.717, 1.165) is 12.1 Å². The Kier molecular flexibility index (Phi) is 4.82. The largest absolute Gasteiger partial charge is 0.386 e. The zero-order chi connectivity index (χ0) is 15.6. The molecular weight excluding hydrogens is 288 g/mol. The SMILES string of the molecule is CCC(CC)(NS(=O)(=O)c1cc(F)ccc1F)C(=N)N. The average molecular weight is 305 g/mol. The maximum Gasteiger partial charge on any atom is 0.244 e. The maximum absolute atomic E-state index is 13.6. The van der Waals surface area contributed by atoms with Crippen LogP contribution in [0, 0.1) is 17.0 Å². The number of hydrogen-bond donors (Lipinski definition) is 3. The number of benzene rings is 1. The first kappa shape index (κ1) is 16.5. The second-order valence-corrected chi connectivity index (χ2v) is 6.03. The predicted octanol–water partition coefficient (Wildman–Crippen LogP) is 1.74. The van der Waals surface area contributed by atoms with Gasteiger partial charge in [0.15, 0.2) is 0 Å². The van der Waals surface area contributed by atoms with Crippen LogP contribution in [0.15, 0.2) is 23.1 Å².